The fourth-order valence-electron chi connectivity index (χ4n) is 1.77. The van der Waals surface area contributed by atoms with Crippen LogP contribution in [0.25, 0.3) is 0 Å². The molecule has 1 aromatic rings. The summed E-state index contributed by atoms with van der Waals surface area (Å²) < 4.78 is 0. The number of carbonyl (C=O) groups is 1. The minimum atomic E-state index is 0.0722. The van der Waals surface area contributed by atoms with E-state index in [9.17, 15) is 4.79 Å². The molecule has 0 saturated heterocycles. The van der Waals surface area contributed by atoms with Crippen molar-refractivity contribution < 1.29 is 4.79 Å². The Hall–Kier alpha value is -1.35. The molecule has 0 aliphatic rings. The first-order chi connectivity index (χ1) is 8.63. The summed E-state index contributed by atoms with van der Waals surface area (Å²) in [6, 6.07) is 8.55. The third-order valence-electron chi connectivity index (χ3n) is 2.96. The summed E-state index contributed by atoms with van der Waals surface area (Å²) in [5.74, 6) is 0.0722. The molecule has 0 spiro atoms. The van der Waals surface area contributed by atoms with Crippen LogP contribution in [0.4, 0.5) is 0 Å². The maximum Gasteiger partial charge on any atom is 0.233 e. The Morgan fingerprint density at radius 1 is 1.39 bits per heavy atom. The second-order valence-electron chi connectivity index (χ2n) is 4.72. The van der Waals surface area contributed by atoms with Gasteiger partial charge in [-0.05, 0) is 25.8 Å². The number of benzene rings is 1. The van der Waals surface area contributed by atoms with Crippen molar-refractivity contribution >= 4 is 5.91 Å². The van der Waals surface area contributed by atoms with E-state index in [-0.39, 0.29) is 11.9 Å². The molecule has 0 aliphatic heterocycles. The lowest BCUT2D eigenvalue weighted by Gasteiger charge is -2.14. The number of carbonyl (C=O) groups excluding carboxylic acids is 1. The predicted molar refractivity (Wildman–Crippen MR) is 75.5 cm³/mol. The van der Waals surface area contributed by atoms with Crippen LogP contribution < -0.4 is 10.6 Å². The normalized spacial score (nSPS) is 12.2. The minimum Gasteiger partial charge on any atom is -0.355 e. The Morgan fingerprint density at radius 2 is 2.17 bits per heavy atom. The van der Waals surface area contributed by atoms with E-state index in [1.165, 1.54) is 11.1 Å². The molecule has 2 N–H and O–H groups in total. The number of hydrogen-bond acceptors (Lipinski definition) is 2. The molecule has 1 aromatic carbocycles. The topological polar surface area (TPSA) is 41.1 Å². The second kappa shape index (κ2) is 7.88. The van der Waals surface area contributed by atoms with Crippen molar-refractivity contribution in [1.82, 2.24) is 10.6 Å². The van der Waals surface area contributed by atoms with Crippen LogP contribution in [0.2, 0.25) is 0 Å². The summed E-state index contributed by atoms with van der Waals surface area (Å²) in [7, 11) is 0. The molecule has 0 fully saturated rings. The average molecular weight is 248 g/mol. The van der Waals surface area contributed by atoms with Gasteiger partial charge in [0.05, 0.1) is 6.54 Å². The summed E-state index contributed by atoms with van der Waals surface area (Å²) in [5, 5.41) is 6.14. The lowest BCUT2D eigenvalue weighted by molar-refractivity contribution is -0.120. The van der Waals surface area contributed by atoms with Gasteiger partial charge < -0.3 is 10.6 Å². The van der Waals surface area contributed by atoms with Crippen molar-refractivity contribution in [3.8, 4) is 0 Å². The van der Waals surface area contributed by atoms with Crippen LogP contribution in [-0.4, -0.2) is 19.0 Å². The molecule has 0 radical (unpaired) electrons. The van der Waals surface area contributed by atoms with Gasteiger partial charge in [-0.3, -0.25) is 4.79 Å². The van der Waals surface area contributed by atoms with Gasteiger partial charge in [-0.1, -0.05) is 43.2 Å². The molecule has 0 heterocycles. The molecule has 0 aromatic heterocycles. The van der Waals surface area contributed by atoms with Crippen molar-refractivity contribution in [2.24, 2.45) is 0 Å². The third kappa shape index (κ3) is 5.32. The number of rotatable bonds is 7. The van der Waals surface area contributed by atoms with E-state index in [0.717, 1.165) is 19.4 Å². The van der Waals surface area contributed by atoms with Crippen molar-refractivity contribution in [3.63, 3.8) is 0 Å². The Balaban J connectivity index is 2.32. The van der Waals surface area contributed by atoms with Crippen LogP contribution in [0.1, 0.15) is 43.9 Å². The summed E-state index contributed by atoms with van der Waals surface area (Å²) in [6.45, 7) is 7.42. The third-order valence-corrected chi connectivity index (χ3v) is 2.96. The average Bonchev–Trinajstić information content (AvgIpc) is 2.36. The van der Waals surface area contributed by atoms with Gasteiger partial charge in [0.1, 0.15) is 0 Å². The quantitative estimate of drug-likeness (QED) is 0.728. The zero-order chi connectivity index (χ0) is 13.4. The minimum absolute atomic E-state index is 0.0722. The van der Waals surface area contributed by atoms with Gasteiger partial charge in [-0.2, -0.15) is 0 Å². The first-order valence-corrected chi connectivity index (χ1v) is 6.70. The van der Waals surface area contributed by atoms with E-state index < -0.39 is 0 Å². The van der Waals surface area contributed by atoms with Gasteiger partial charge in [0.2, 0.25) is 5.91 Å². The van der Waals surface area contributed by atoms with E-state index in [4.69, 9.17) is 0 Å². The van der Waals surface area contributed by atoms with Gasteiger partial charge in [-0.15, -0.1) is 0 Å². The lowest BCUT2D eigenvalue weighted by atomic mass is 10.1. The van der Waals surface area contributed by atoms with Crippen molar-refractivity contribution in [1.29, 1.82) is 0 Å². The SMILES string of the molecule is CCCCNC(=O)CN[C@H](C)c1cccc(C)c1. The van der Waals surface area contributed by atoms with E-state index in [1.807, 2.05) is 6.07 Å². The molecular weight excluding hydrogens is 224 g/mol. The summed E-state index contributed by atoms with van der Waals surface area (Å²) in [4.78, 5) is 11.5. The fourth-order valence-corrected chi connectivity index (χ4v) is 1.77. The molecule has 0 aliphatic carbocycles. The maximum absolute atomic E-state index is 11.5. The maximum atomic E-state index is 11.5. The zero-order valence-corrected chi connectivity index (χ0v) is 11.6. The van der Waals surface area contributed by atoms with Crippen molar-refractivity contribution in [3.05, 3.63) is 35.4 Å². The second-order valence-corrected chi connectivity index (χ2v) is 4.72. The molecule has 1 amide bonds. The van der Waals surface area contributed by atoms with Crippen LogP contribution >= 0.6 is 0 Å². The molecule has 18 heavy (non-hydrogen) atoms. The Kier molecular flexibility index (Phi) is 6.44. The predicted octanol–water partition coefficient (Wildman–Crippen LogP) is 2.56. The van der Waals surface area contributed by atoms with E-state index in [2.05, 4.69) is 49.6 Å². The van der Waals surface area contributed by atoms with Crippen LogP contribution in [0.5, 0.6) is 0 Å². The van der Waals surface area contributed by atoms with Gasteiger partial charge in [0, 0.05) is 12.6 Å². The Labute approximate surface area is 110 Å². The molecule has 0 bridgehead atoms. The molecular formula is C15H24N2O. The summed E-state index contributed by atoms with van der Waals surface area (Å²) >= 11 is 0. The van der Waals surface area contributed by atoms with E-state index in [1.54, 1.807) is 0 Å². The van der Waals surface area contributed by atoms with Crippen LogP contribution in [0.3, 0.4) is 0 Å². The number of nitrogens with one attached hydrogen (secondary N) is 2. The van der Waals surface area contributed by atoms with Crippen LogP contribution in [0.15, 0.2) is 24.3 Å². The Bertz CT molecular complexity index is 377. The van der Waals surface area contributed by atoms with Gasteiger partial charge in [0.15, 0.2) is 0 Å². The number of hydrogen-bond donors (Lipinski definition) is 2. The lowest BCUT2D eigenvalue weighted by Crippen LogP contribution is -2.35. The number of aryl methyl sites for hydroxylation is 1. The summed E-state index contributed by atoms with van der Waals surface area (Å²) in [5.41, 5.74) is 2.46. The van der Waals surface area contributed by atoms with Gasteiger partial charge >= 0.3 is 0 Å². The molecule has 0 saturated carbocycles. The highest BCUT2D eigenvalue weighted by atomic mass is 16.1. The van der Waals surface area contributed by atoms with Crippen molar-refractivity contribution in [2.75, 3.05) is 13.1 Å². The highest BCUT2D eigenvalue weighted by molar-refractivity contribution is 5.77. The standard InChI is InChI=1S/C15H24N2O/c1-4-5-9-16-15(18)11-17-13(3)14-8-6-7-12(2)10-14/h6-8,10,13,17H,4-5,9,11H2,1-3H3,(H,16,18)/t13-/m1/s1. The molecule has 100 valence electrons. The molecule has 0 unspecified atom stereocenters. The number of unbranched alkanes of at least 4 members (excludes halogenated alkanes) is 1. The van der Waals surface area contributed by atoms with E-state index in [0.29, 0.717) is 6.54 Å². The molecule has 3 heteroatoms. The molecule has 3 nitrogen and oxygen atoms in total. The monoisotopic (exact) mass is 248 g/mol. The smallest absolute Gasteiger partial charge is 0.233 e. The van der Waals surface area contributed by atoms with E-state index >= 15 is 0 Å². The largest absolute Gasteiger partial charge is 0.355 e. The first-order valence-electron chi connectivity index (χ1n) is 6.70. The highest BCUT2D eigenvalue weighted by Gasteiger charge is 2.07. The van der Waals surface area contributed by atoms with Gasteiger partial charge in [-0.25, -0.2) is 0 Å². The van der Waals surface area contributed by atoms with Gasteiger partial charge in [0.25, 0.3) is 0 Å². The fraction of sp³-hybridized carbons (Fsp3) is 0.533. The number of amides is 1. The van der Waals surface area contributed by atoms with Crippen LogP contribution in [-0.2, 0) is 4.79 Å². The zero-order valence-electron chi connectivity index (χ0n) is 11.6. The first kappa shape index (κ1) is 14.7. The Morgan fingerprint density at radius 3 is 2.83 bits per heavy atom. The summed E-state index contributed by atoms with van der Waals surface area (Å²) in [6.07, 6.45) is 2.15. The molecule has 1 rings (SSSR count). The molecule has 1 atom stereocenters. The highest BCUT2D eigenvalue weighted by Crippen LogP contribution is 2.13. The van der Waals surface area contributed by atoms with Crippen molar-refractivity contribution in [2.45, 2.75) is 39.7 Å². The van der Waals surface area contributed by atoms with Crippen LogP contribution in [0, 0.1) is 6.92 Å².